The second kappa shape index (κ2) is 10.6. The number of ether oxygens (including phenoxy) is 1. The van der Waals surface area contributed by atoms with Gasteiger partial charge in [-0.15, -0.1) is 0 Å². The van der Waals surface area contributed by atoms with E-state index in [9.17, 15) is 18.0 Å². The minimum Gasteiger partial charge on any atom is -0.497 e. The first kappa shape index (κ1) is 25.0. The van der Waals surface area contributed by atoms with Crippen LogP contribution in [0.25, 0.3) is 0 Å². The van der Waals surface area contributed by atoms with Gasteiger partial charge in [-0.25, -0.2) is 18.8 Å². The van der Waals surface area contributed by atoms with Crippen LogP contribution in [0.5, 0.6) is 5.75 Å². The highest BCUT2D eigenvalue weighted by molar-refractivity contribution is 7.91. The molecular weight excluding hydrogens is 482 g/mol. The molecule has 1 aromatic heterocycles. The van der Waals surface area contributed by atoms with Crippen LogP contribution in [0.3, 0.4) is 0 Å². The van der Waals surface area contributed by atoms with Crippen LogP contribution in [0.15, 0.2) is 72.9 Å². The number of benzene rings is 2. The molecule has 0 unspecified atom stereocenters. The van der Waals surface area contributed by atoms with Crippen molar-refractivity contribution in [1.82, 2.24) is 15.0 Å². The maximum absolute atomic E-state index is 13.4. The van der Waals surface area contributed by atoms with E-state index in [0.29, 0.717) is 17.9 Å². The number of hydrogen-bond donors (Lipinski definition) is 2. The third-order valence-electron chi connectivity index (χ3n) is 5.88. The molecule has 2 heterocycles. The maximum atomic E-state index is 13.4. The summed E-state index contributed by atoms with van der Waals surface area (Å²) < 4.78 is 34.1. The molecule has 188 valence electrons. The second-order valence-corrected chi connectivity index (χ2v) is 9.82. The Bertz CT molecular complexity index is 1330. The zero-order valence-electron chi connectivity index (χ0n) is 19.9. The number of amides is 3. The molecule has 2 N–H and O–H groups in total. The van der Waals surface area contributed by atoms with E-state index in [1.165, 1.54) is 11.1 Å². The molecule has 2 aromatic carbocycles. The molecule has 1 aliphatic heterocycles. The Morgan fingerprint density at radius 1 is 1.08 bits per heavy atom. The van der Waals surface area contributed by atoms with Crippen LogP contribution >= 0.6 is 0 Å². The Labute approximate surface area is 210 Å². The number of rotatable bonds is 8. The lowest BCUT2D eigenvalue weighted by Gasteiger charge is -2.26. The van der Waals surface area contributed by atoms with Gasteiger partial charge >= 0.3 is 16.2 Å². The molecule has 0 fully saturated rings. The SMILES string of the molecule is COc1ccc(N(C)C(=O)[C@H](Cc2ccccc2)NC(=O)NS(=O)(=O)N2CCc3cccnc32)cc1. The molecule has 0 bridgehead atoms. The largest absolute Gasteiger partial charge is 0.497 e. The number of likely N-dealkylation sites (N-methyl/N-ethyl adjacent to an activating group) is 1. The molecule has 10 nitrogen and oxygen atoms in total. The number of nitrogens with one attached hydrogen (secondary N) is 2. The van der Waals surface area contributed by atoms with Gasteiger partial charge in [-0.1, -0.05) is 36.4 Å². The molecule has 0 spiro atoms. The van der Waals surface area contributed by atoms with Crippen LogP contribution in [0.1, 0.15) is 11.1 Å². The Morgan fingerprint density at radius 3 is 2.50 bits per heavy atom. The van der Waals surface area contributed by atoms with E-state index in [1.807, 2.05) is 35.1 Å². The number of pyridine rings is 1. The van der Waals surface area contributed by atoms with E-state index < -0.39 is 28.2 Å². The third kappa shape index (κ3) is 5.57. The fourth-order valence-electron chi connectivity index (χ4n) is 3.99. The molecule has 0 radical (unpaired) electrons. The van der Waals surface area contributed by atoms with E-state index >= 15 is 0 Å². The molecule has 0 saturated heterocycles. The third-order valence-corrected chi connectivity index (χ3v) is 7.26. The fourth-order valence-corrected chi connectivity index (χ4v) is 5.12. The first-order chi connectivity index (χ1) is 17.3. The highest BCUT2D eigenvalue weighted by Gasteiger charge is 2.33. The van der Waals surface area contributed by atoms with Crippen molar-refractivity contribution >= 4 is 33.7 Å². The van der Waals surface area contributed by atoms with Crippen molar-refractivity contribution in [3.8, 4) is 5.75 Å². The number of urea groups is 1. The number of nitrogens with zero attached hydrogens (tertiary/aromatic N) is 3. The van der Waals surface area contributed by atoms with Gasteiger partial charge in [0.2, 0.25) is 5.91 Å². The van der Waals surface area contributed by atoms with Gasteiger partial charge in [0.25, 0.3) is 0 Å². The summed E-state index contributed by atoms with van der Waals surface area (Å²) in [7, 11) is -1.09. The van der Waals surface area contributed by atoms with Gasteiger partial charge in [0, 0.05) is 31.9 Å². The molecule has 11 heteroatoms. The normalized spacial score (nSPS) is 13.4. The summed E-state index contributed by atoms with van der Waals surface area (Å²) in [6, 6.07) is 17.5. The summed E-state index contributed by atoms with van der Waals surface area (Å²) in [4.78, 5) is 31.8. The van der Waals surface area contributed by atoms with Crippen molar-refractivity contribution in [3.63, 3.8) is 0 Å². The van der Waals surface area contributed by atoms with E-state index in [0.717, 1.165) is 15.4 Å². The molecule has 0 aliphatic carbocycles. The fraction of sp³-hybridized carbons (Fsp3) is 0.240. The van der Waals surface area contributed by atoms with Crippen LogP contribution in [0.4, 0.5) is 16.3 Å². The number of anilines is 2. The molecule has 0 saturated carbocycles. The van der Waals surface area contributed by atoms with Crippen LogP contribution in [0, 0.1) is 0 Å². The average Bonchev–Trinajstić information content (AvgIpc) is 3.33. The minimum atomic E-state index is -4.23. The number of aromatic nitrogens is 1. The number of hydrogen-bond acceptors (Lipinski definition) is 6. The van der Waals surface area contributed by atoms with E-state index in [2.05, 4.69) is 10.3 Å². The Hall–Kier alpha value is -4.12. The van der Waals surface area contributed by atoms with Gasteiger partial charge in [-0.05, 0) is 47.9 Å². The predicted octanol–water partition coefficient (Wildman–Crippen LogP) is 2.27. The van der Waals surface area contributed by atoms with Crippen LogP contribution in [-0.4, -0.2) is 52.1 Å². The summed E-state index contributed by atoms with van der Waals surface area (Å²) in [6.07, 6.45) is 2.16. The first-order valence-electron chi connectivity index (χ1n) is 11.3. The number of fused-ring (bicyclic) bond motifs is 1. The smallest absolute Gasteiger partial charge is 0.330 e. The van der Waals surface area contributed by atoms with Crippen molar-refractivity contribution in [2.24, 2.45) is 0 Å². The van der Waals surface area contributed by atoms with E-state index in [4.69, 9.17) is 4.74 Å². The van der Waals surface area contributed by atoms with Crippen molar-refractivity contribution in [2.75, 3.05) is 29.9 Å². The van der Waals surface area contributed by atoms with Crippen molar-refractivity contribution in [2.45, 2.75) is 18.9 Å². The maximum Gasteiger partial charge on any atom is 0.330 e. The van der Waals surface area contributed by atoms with Gasteiger partial charge in [-0.3, -0.25) is 4.79 Å². The van der Waals surface area contributed by atoms with Gasteiger partial charge in [0.05, 0.1) is 7.11 Å². The zero-order chi connectivity index (χ0) is 25.7. The lowest BCUT2D eigenvalue weighted by atomic mass is 10.0. The number of carbonyl (C=O) groups is 2. The Kier molecular flexibility index (Phi) is 7.39. The highest BCUT2D eigenvalue weighted by Crippen LogP contribution is 2.26. The average molecular weight is 510 g/mol. The van der Waals surface area contributed by atoms with Gasteiger partial charge in [0.1, 0.15) is 17.6 Å². The van der Waals surface area contributed by atoms with Gasteiger partial charge in [0.15, 0.2) is 0 Å². The number of carbonyl (C=O) groups excluding carboxylic acids is 2. The first-order valence-corrected chi connectivity index (χ1v) is 12.7. The topological polar surface area (TPSA) is 121 Å². The van der Waals surface area contributed by atoms with Crippen molar-refractivity contribution < 1.29 is 22.7 Å². The minimum absolute atomic E-state index is 0.168. The molecule has 3 aromatic rings. The summed E-state index contributed by atoms with van der Waals surface area (Å²) in [6.45, 7) is 0.168. The lowest BCUT2D eigenvalue weighted by Crippen LogP contribution is -2.54. The van der Waals surface area contributed by atoms with Crippen LogP contribution in [0.2, 0.25) is 0 Å². The Balaban J connectivity index is 1.51. The van der Waals surface area contributed by atoms with E-state index in [1.54, 1.807) is 50.6 Å². The molecular formula is C25H27N5O5S. The molecule has 1 atom stereocenters. The quantitative estimate of drug-likeness (QED) is 0.481. The zero-order valence-corrected chi connectivity index (χ0v) is 20.7. The van der Waals surface area contributed by atoms with Gasteiger partial charge < -0.3 is 15.0 Å². The van der Waals surface area contributed by atoms with Crippen LogP contribution in [-0.2, 0) is 27.8 Å². The molecule has 1 aliphatic rings. The molecule has 3 amide bonds. The monoisotopic (exact) mass is 509 g/mol. The molecule has 36 heavy (non-hydrogen) atoms. The summed E-state index contributed by atoms with van der Waals surface area (Å²) >= 11 is 0. The Morgan fingerprint density at radius 2 is 1.81 bits per heavy atom. The number of methoxy groups -OCH3 is 1. The standard InChI is InChI=1S/C25H27N5O5S/c1-29(20-10-12-21(35-2)13-11-20)24(31)22(17-18-7-4-3-5-8-18)27-25(32)28-36(33,34)30-16-14-19-9-6-15-26-23(19)30/h3-13,15,22H,14,16-17H2,1-2H3,(H2,27,28,32)/t22-/m0/s1. The summed E-state index contributed by atoms with van der Waals surface area (Å²) in [5.74, 6) is 0.514. The second-order valence-electron chi connectivity index (χ2n) is 8.23. The summed E-state index contributed by atoms with van der Waals surface area (Å²) in [5.41, 5.74) is 2.18. The van der Waals surface area contributed by atoms with Gasteiger partial charge in [-0.2, -0.15) is 8.42 Å². The van der Waals surface area contributed by atoms with Crippen molar-refractivity contribution in [1.29, 1.82) is 0 Å². The highest BCUT2D eigenvalue weighted by atomic mass is 32.2. The lowest BCUT2D eigenvalue weighted by molar-refractivity contribution is -0.120. The van der Waals surface area contributed by atoms with E-state index in [-0.39, 0.29) is 18.8 Å². The summed E-state index contributed by atoms with van der Waals surface area (Å²) in [5, 5.41) is 2.55. The van der Waals surface area contributed by atoms with Crippen LogP contribution < -0.4 is 24.0 Å². The predicted molar refractivity (Wildman–Crippen MR) is 136 cm³/mol. The molecule has 4 rings (SSSR count). The van der Waals surface area contributed by atoms with Crippen molar-refractivity contribution in [3.05, 3.63) is 84.1 Å².